The molecule has 0 aliphatic rings. The van der Waals surface area contributed by atoms with E-state index in [2.05, 4.69) is 9.97 Å². The first-order valence-electron chi connectivity index (χ1n) is 5.90. The van der Waals surface area contributed by atoms with E-state index in [0.29, 0.717) is 5.88 Å². The van der Waals surface area contributed by atoms with Crippen molar-refractivity contribution in [3.8, 4) is 5.88 Å². The third kappa shape index (κ3) is 2.52. The highest BCUT2D eigenvalue weighted by molar-refractivity contribution is 5.82. The Balaban J connectivity index is 1.86. The van der Waals surface area contributed by atoms with Crippen LogP contribution in [0.5, 0.6) is 5.88 Å². The lowest BCUT2D eigenvalue weighted by Crippen LogP contribution is -1.99. The third-order valence-electron chi connectivity index (χ3n) is 2.77. The lowest BCUT2D eigenvalue weighted by Gasteiger charge is -2.07. The van der Waals surface area contributed by atoms with Crippen molar-refractivity contribution in [2.75, 3.05) is 0 Å². The highest BCUT2D eigenvalue weighted by atomic mass is 19.1. The van der Waals surface area contributed by atoms with E-state index in [0.717, 1.165) is 16.5 Å². The normalized spacial score (nSPS) is 10.6. The molecule has 0 N–H and O–H groups in total. The van der Waals surface area contributed by atoms with E-state index in [-0.39, 0.29) is 12.4 Å². The maximum absolute atomic E-state index is 13.1. The Kier molecular flexibility index (Phi) is 3.06. The van der Waals surface area contributed by atoms with Crippen molar-refractivity contribution in [3.05, 3.63) is 66.2 Å². The average Bonchev–Trinajstić information content (AvgIpc) is 2.45. The second-order valence-electron chi connectivity index (χ2n) is 4.11. The number of rotatable bonds is 3. The van der Waals surface area contributed by atoms with Crippen molar-refractivity contribution in [1.29, 1.82) is 0 Å². The molecule has 0 aliphatic heterocycles. The molecule has 19 heavy (non-hydrogen) atoms. The molecule has 4 heteroatoms. The molecule has 3 rings (SSSR count). The molecule has 0 aliphatic carbocycles. The lowest BCUT2D eigenvalue weighted by atomic mass is 10.2. The van der Waals surface area contributed by atoms with Crippen molar-refractivity contribution in [2.45, 2.75) is 6.61 Å². The van der Waals surface area contributed by atoms with Crippen molar-refractivity contribution in [1.82, 2.24) is 9.97 Å². The molecule has 0 spiro atoms. The van der Waals surface area contributed by atoms with Gasteiger partial charge >= 0.3 is 0 Å². The van der Waals surface area contributed by atoms with Crippen molar-refractivity contribution in [2.24, 2.45) is 0 Å². The van der Waals surface area contributed by atoms with Crippen molar-refractivity contribution >= 4 is 10.9 Å². The average molecular weight is 254 g/mol. The van der Waals surface area contributed by atoms with Crippen LogP contribution < -0.4 is 4.74 Å². The number of hydrogen-bond donors (Lipinski definition) is 0. The number of hydrogen-bond acceptors (Lipinski definition) is 3. The second kappa shape index (κ2) is 5.02. The van der Waals surface area contributed by atoms with E-state index in [1.807, 2.05) is 30.3 Å². The molecule has 3 nitrogen and oxygen atoms in total. The van der Waals surface area contributed by atoms with Crippen molar-refractivity contribution in [3.63, 3.8) is 0 Å². The summed E-state index contributed by atoms with van der Waals surface area (Å²) in [5.74, 6) is 0.239. The molecule has 94 valence electrons. The van der Waals surface area contributed by atoms with Crippen LogP contribution in [0.2, 0.25) is 0 Å². The zero-order valence-corrected chi connectivity index (χ0v) is 10.1. The Morgan fingerprint density at radius 3 is 2.79 bits per heavy atom. The lowest BCUT2D eigenvalue weighted by molar-refractivity contribution is 0.297. The summed E-state index contributed by atoms with van der Waals surface area (Å²) in [7, 11) is 0. The summed E-state index contributed by atoms with van der Waals surface area (Å²) < 4.78 is 18.7. The number of aromatic nitrogens is 2. The van der Waals surface area contributed by atoms with E-state index in [4.69, 9.17) is 4.74 Å². The fourth-order valence-electron chi connectivity index (χ4n) is 1.87. The predicted octanol–water partition coefficient (Wildman–Crippen LogP) is 3.35. The topological polar surface area (TPSA) is 35.0 Å². The summed E-state index contributed by atoms with van der Waals surface area (Å²) in [4.78, 5) is 8.28. The van der Waals surface area contributed by atoms with Crippen LogP contribution >= 0.6 is 0 Å². The summed E-state index contributed by atoms with van der Waals surface area (Å²) >= 11 is 0. The van der Waals surface area contributed by atoms with Gasteiger partial charge in [-0.3, -0.25) is 0 Å². The largest absolute Gasteiger partial charge is 0.472 e. The van der Waals surface area contributed by atoms with Gasteiger partial charge in [0.15, 0.2) is 0 Å². The van der Waals surface area contributed by atoms with Crippen molar-refractivity contribution < 1.29 is 9.13 Å². The number of halogens is 1. The molecular formula is C15H11FN2O. The summed E-state index contributed by atoms with van der Waals surface area (Å²) in [5.41, 5.74) is 1.59. The number of ether oxygens (including phenoxy) is 1. The van der Waals surface area contributed by atoms with Gasteiger partial charge in [0.05, 0.1) is 10.9 Å². The van der Waals surface area contributed by atoms with Gasteiger partial charge in [0.2, 0.25) is 5.88 Å². The minimum absolute atomic E-state index is 0.270. The number of para-hydroxylation sites is 1. The van der Waals surface area contributed by atoms with Crippen LogP contribution in [0.1, 0.15) is 5.56 Å². The molecule has 1 heterocycles. The first-order chi connectivity index (χ1) is 9.33. The zero-order chi connectivity index (χ0) is 13.1. The van der Waals surface area contributed by atoms with Gasteiger partial charge in [-0.15, -0.1) is 0 Å². The van der Waals surface area contributed by atoms with Gasteiger partial charge in [-0.05, 0) is 29.8 Å². The zero-order valence-electron chi connectivity index (χ0n) is 10.1. The number of nitrogens with zero attached hydrogens (tertiary/aromatic N) is 2. The predicted molar refractivity (Wildman–Crippen MR) is 70.3 cm³/mol. The van der Waals surface area contributed by atoms with Gasteiger partial charge in [0.1, 0.15) is 18.8 Å². The van der Waals surface area contributed by atoms with Gasteiger partial charge < -0.3 is 4.74 Å². The Hall–Kier alpha value is -2.49. The van der Waals surface area contributed by atoms with Crippen LogP contribution in [0, 0.1) is 5.82 Å². The van der Waals surface area contributed by atoms with E-state index in [1.54, 1.807) is 6.07 Å². The summed E-state index contributed by atoms with van der Waals surface area (Å²) in [5, 5.41) is 0.849. The standard InChI is InChI=1S/C15H11FN2O/c16-12-5-3-4-11(8-12)9-19-15-13-6-1-2-7-14(13)17-10-18-15/h1-8,10H,9H2. The molecular weight excluding hydrogens is 243 g/mol. The Bertz CT molecular complexity index is 710. The fraction of sp³-hybridized carbons (Fsp3) is 0.0667. The van der Waals surface area contributed by atoms with Crippen LogP contribution in [0.3, 0.4) is 0 Å². The van der Waals surface area contributed by atoms with Gasteiger partial charge in [-0.1, -0.05) is 24.3 Å². The van der Waals surface area contributed by atoms with E-state index in [9.17, 15) is 4.39 Å². The van der Waals surface area contributed by atoms with Crippen LogP contribution in [-0.4, -0.2) is 9.97 Å². The number of fused-ring (bicyclic) bond motifs is 1. The first-order valence-corrected chi connectivity index (χ1v) is 5.90. The van der Waals surface area contributed by atoms with Crippen LogP contribution in [-0.2, 0) is 6.61 Å². The maximum Gasteiger partial charge on any atom is 0.224 e. The molecule has 0 unspecified atom stereocenters. The molecule has 0 saturated carbocycles. The third-order valence-corrected chi connectivity index (χ3v) is 2.77. The van der Waals surface area contributed by atoms with E-state index >= 15 is 0 Å². The molecule has 0 atom stereocenters. The monoisotopic (exact) mass is 254 g/mol. The summed E-state index contributed by atoms with van der Waals surface area (Å²) in [6, 6.07) is 13.9. The van der Waals surface area contributed by atoms with Crippen LogP contribution in [0.25, 0.3) is 10.9 Å². The molecule has 0 saturated heterocycles. The Morgan fingerprint density at radius 1 is 1.00 bits per heavy atom. The molecule has 3 aromatic rings. The highest BCUT2D eigenvalue weighted by Crippen LogP contribution is 2.21. The van der Waals surface area contributed by atoms with Gasteiger partial charge in [-0.2, -0.15) is 0 Å². The highest BCUT2D eigenvalue weighted by Gasteiger charge is 2.04. The van der Waals surface area contributed by atoms with Crippen LogP contribution in [0.4, 0.5) is 4.39 Å². The minimum Gasteiger partial charge on any atom is -0.472 e. The fourth-order valence-corrected chi connectivity index (χ4v) is 1.87. The molecule has 0 radical (unpaired) electrons. The molecule has 2 aromatic carbocycles. The quantitative estimate of drug-likeness (QED) is 0.719. The van der Waals surface area contributed by atoms with Gasteiger partial charge in [0.25, 0.3) is 0 Å². The first kappa shape index (κ1) is 11.6. The smallest absolute Gasteiger partial charge is 0.224 e. The van der Waals surface area contributed by atoms with E-state index in [1.165, 1.54) is 18.5 Å². The molecule has 0 bridgehead atoms. The Labute approximate surface area is 109 Å². The van der Waals surface area contributed by atoms with Gasteiger partial charge in [-0.25, -0.2) is 14.4 Å². The van der Waals surface area contributed by atoms with E-state index < -0.39 is 0 Å². The molecule has 0 amide bonds. The SMILES string of the molecule is Fc1cccc(COc2ncnc3ccccc23)c1. The van der Waals surface area contributed by atoms with Crippen LogP contribution in [0.15, 0.2) is 54.9 Å². The molecule has 0 fully saturated rings. The summed E-state index contributed by atoms with van der Waals surface area (Å²) in [6.07, 6.45) is 1.46. The summed E-state index contributed by atoms with van der Waals surface area (Å²) in [6.45, 7) is 0.277. The van der Waals surface area contributed by atoms with Gasteiger partial charge in [0, 0.05) is 0 Å². The maximum atomic E-state index is 13.1. The Morgan fingerprint density at radius 2 is 1.89 bits per heavy atom. The minimum atomic E-state index is -0.270. The second-order valence-corrected chi connectivity index (χ2v) is 4.11. The number of benzene rings is 2. The molecule has 1 aromatic heterocycles.